The predicted molar refractivity (Wildman–Crippen MR) is 109 cm³/mol. The molecule has 148 valence electrons. The fourth-order valence-corrected chi connectivity index (χ4v) is 2.51. The van der Waals surface area contributed by atoms with Crippen LogP contribution in [0, 0.1) is 0 Å². The molecule has 0 aliphatic heterocycles. The lowest BCUT2D eigenvalue weighted by molar-refractivity contribution is 0.0600. The first-order valence-electron chi connectivity index (χ1n) is 8.91. The molecule has 0 aliphatic carbocycles. The standard InChI is InChI=1S/C21H20N4O4/c1-3-29-17-9-7-15(8-10-17)23-19(26)18-11-12-22-21(25-18)24-16-6-4-5-14(13-16)20(27)28-2/h4-13H,3H2,1-2H3,(H,23,26)(H,22,24,25). The molecule has 1 heterocycles. The van der Waals surface area contributed by atoms with E-state index >= 15 is 0 Å². The summed E-state index contributed by atoms with van der Waals surface area (Å²) >= 11 is 0. The van der Waals surface area contributed by atoms with Crippen molar-refractivity contribution >= 4 is 29.2 Å². The highest BCUT2D eigenvalue weighted by Gasteiger charge is 2.11. The first kappa shape index (κ1) is 19.8. The molecular weight excluding hydrogens is 372 g/mol. The van der Waals surface area contributed by atoms with E-state index in [2.05, 4.69) is 20.6 Å². The zero-order valence-electron chi connectivity index (χ0n) is 16.0. The molecule has 2 aromatic carbocycles. The lowest BCUT2D eigenvalue weighted by atomic mass is 10.2. The second-order valence-electron chi connectivity index (χ2n) is 5.87. The van der Waals surface area contributed by atoms with Gasteiger partial charge in [-0.25, -0.2) is 14.8 Å². The van der Waals surface area contributed by atoms with Crippen molar-refractivity contribution in [3.8, 4) is 5.75 Å². The Balaban J connectivity index is 1.70. The number of esters is 1. The van der Waals surface area contributed by atoms with Crippen LogP contribution >= 0.6 is 0 Å². The number of benzene rings is 2. The number of hydrogen-bond acceptors (Lipinski definition) is 7. The summed E-state index contributed by atoms with van der Waals surface area (Å²) in [6.45, 7) is 2.48. The Morgan fingerprint density at radius 3 is 2.55 bits per heavy atom. The van der Waals surface area contributed by atoms with E-state index in [4.69, 9.17) is 9.47 Å². The molecule has 2 N–H and O–H groups in total. The van der Waals surface area contributed by atoms with Crippen molar-refractivity contribution < 1.29 is 19.1 Å². The summed E-state index contributed by atoms with van der Waals surface area (Å²) in [4.78, 5) is 32.5. The molecule has 0 saturated carbocycles. The number of aromatic nitrogens is 2. The van der Waals surface area contributed by atoms with Crippen LogP contribution in [0.3, 0.4) is 0 Å². The maximum atomic E-state index is 12.5. The second-order valence-corrected chi connectivity index (χ2v) is 5.87. The quantitative estimate of drug-likeness (QED) is 0.592. The zero-order valence-corrected chi connectivity index (χ0v) is 16.0. The summed E-state index contributed by atoms with van der Waals surface area (Å²) in [5.74, 6) is 0.139. The van der Waals surface area contributed by atoms with E-state index in [-0.39, 0.29) is 17.5 Å². The summed E-state index contributed by atoms with van der Waals surface area (Å²) in [6.07, 6.45) is 1.48. The maximum Gasteiger partial charge on any atom is 0.337 e. The van der Waals surface area contributed by atoms with E-state index in [9.17, 15) is 9.59 Å². The van der Waals surface area contributed by atoms with Crippen LogP contribution in [0.4, 0.5) is 17.3 Å². The number of nitrogens with one attached hydrogen (secondary N) is 2. The summed E-state index contributed by atoms with van der Waals surface area (Å²) in [5, 5.41) is 5.75. The van der Waals surface area contributed by atoms with E-state index in [0.29, 0.717) is 23.5 Å². The topological polar surface area (TPSA) is 102 Å². The van der Waals surface area contributed by atoms with Crippen LogP contribution in [0.25, 0.3) is 0 Å². The Labute approximate surface area is 167 Å². The number of methoxy groups -OCH3 is 1. The fourth-order valence-electron chi connectivity index (χ4n) is 2.51. The Morgan fingerprint density at radius 1 is 1.03 bits per heavy atom. The Morgan fingerprint density at radius 2 is 1.83 bits per heavy atom. The van der Waals surface area contributed by atoms with Gasteiger partial charge in [0.05, 0.1) is 19.3 Å². The van der Waals surface area contributed by atoms with Crippen molar-refractivity contribution in [2.75, 3.05) is 24.4 Å². The molecule has 0 atom stereocenters. The number of amides is 1. The minimum absolute atomic E-state index is 0.195. The smallest absolute Gasteiger partial charge is 0.337 e. The molecule has 1 amide bonds. The van der Waals surface area contributed by atoms with Gasteiger partial charge in [0, 0.05) is 17.6 Å². The molecule has 0 spiro atoms. The van der Waals surface area contributed by atoms with Gasteiger partial charge in [-0.3, -0.25) is 4.79 Å². The summed E-state index contributed by atoms with van der Waals surface area (Å²) < 4.78 is 10.1. The van der Waals surface area contributed by atoms with Gasteiger partial charge in [0.15, 0.2) is 0 Å². The van der Waals surface area contributed by atoms with Crippen LogP contribution in [-0.4, -0.2) is 35.6 Å². The van der Waals surface area contributed by atoms with Gasteiger partial charge in [-0.1, -0.05) is 6.07 Å². The van der Waals surface area contributed by atoms with E-state index in [0.717, 1.165) is 5.75 Å². The van der Waals surface area contributed by atoms with Crippen molar-refractivity contribution in [2.24, 2.45) is 0 Å². The van der Waals surface area contributed by atoms with Crippen LogP contribution in [0.1, 0.15) is 27.8 Å². The van der Waals surface area contributed by atoms with Gasteiger partial charge in [-0.15, -0.1) is 0 Å². The molecule has 0 radical (unpaired) electrons. The normalized spacial score (nSPS) is 10.1. The van der Waals surface area contributed by atoms with Crippen molar-refractivity contribution in [1.82, 2.24) is 9.97 Å². The summed E-state index contributed by atoms with van der Waals surface area (Å²) in [5.41, 5.74) is 1.80. The minimum Gasteiger partial charge on any atom is -0.494 e. The Kier molecular flexibility index (Phi) is 6.36. The van der Waals surface area contributed by atoms with Crippen molar-refractivity contribution in [2.45, 2.75) is 6.92 Å². The van der Waals surface area contributed by atoms with Gasteiger partial charge >= 0.3 is 5.97 Å². The molecule has 0 saturated heterocycles. The van der Waals surface area contributed by atoms with Gasteiger partial charge < -0.3 is 20.1 Å². The number of rotatable bonds is 7. The molecule has 3 aromatic rings. The molecular formula is C21H20N4O4. The van der Waals surface area contributed by atoms with E-state index in [1.165, 1.54) is 19.4 Å². The SMILES string of the molecule is CCOc1ccc(NC(=O)c2ccnc(Nc3cccc(C(=O)OC)c3)n2)cc1. The molecule has 0 aliphatic rings. The van der Waals surface area contributed by atoms with Gasteiger partial charge in [0.1, 0.15) is 11.4 Å². The zero-order chi connectivity index (χ0) is 20.6. The number of anilines is 3. The maximum absolute atomic E-state index is 12.5. The average Bonchev–Trinajstić information content (AvgIpc) is 2.75. The van der Waals surface area contributed by atoms with E-state index < -0.39 is 5.97 Å². The largest absolute Gasteiger partial charge is 0.494 e. The van der Waals surface area contributed by atoms with E-state index in [1.54, 1.807) is 48.5 Å². The number of nitrogens with zero attached hydrogens (tertiary/aromatic N) is 2. The second kappa shape index (κ2) is 9.32. The molecule has 0 unspecified atom stereocenters. The number of hydrogen-bond donors (Lipinski definition) is 2. The molecule has 29 heavy (non-hydrogen) atoms. The number of carbonyl (C=O) groups excluding carboxylic acids is 2. The average molecular weight is 392 g/mol. The van der Waals surface area contributed by atoms with Gasteiger partial charge in [0.25, 0.3) is 5.91 Å². The first-order chi connectivity index (χ1) is 14.1. The Hall–Kier alpha value is -3.94. The summed E-state index contributed by atoms with van der Waals surface area (Å²) in [6, 6.07) is 15.3. The third-order valence-electron chi connectivity index (χ3n) is 3.85. The fraction of sp³-hybridized carbons (Fsp3) is 0.143. The van der Waals surface area contributed by atoms with Crippen molar-refractivity contribution in [3.05, 3.63) is 72.1 Å². The molecule has 8 nitrogen and oxygen atoms in total. The lowest BCUT2D eigenvalue weighted by Gasteiger charge is -2.09. The third-order valence-corrected chi connectivity index (χ3v) is 3.85. The molecule has 8 heteroatoms. The highest BCUT2D eigenvalue weighted by atomic mass is 16.5. The highest BCUT2D eigenvalue weighted by molar-refractivity contribution is 6.03. The van der Waals surface area contributed by atoms with Crippen molar-refractivity contribution in [3.63, 3.8) is 0 Å². The monoisotopic (exact) mass is 392 g/mol. The number of ether oxygens (including phenoxy) is 2. The van der Waals surface area contributed by atoms with Crippen molar-refractivity contribution in [1.29, 1.82) is 0 Å². The molecule has 0 fully saturated rings. The van der Waals surface area contributed by atoms with Crippen LogP contribution in [0.15, 0.2) is 60.8 Å². The van der Waals surface area contributed by atoms with Crippen LogP contribution in [0.2, 0.25) is 0 Å². The van der Waals surface area contributed by atoms with Gasteiger partial charge in [-0.05, 0) is 55.5 Å². The van der Waals surface area contributed by atoms with Gasteiger partial charge in [0.2, 0.25) is 5.95 Å². The third kappa shape index (κ3) is 5.29. The minimum atomic E-state index is -0.446. The highest BCUT2D eigenvalue weighted by Crippen LogP contribution is 2.18. The summed E-state index contributed by atoms with van der Waals surface area (Å²) in [7, 11) is 1.32. The lowest BCUT2D eigenvalue weighted by Crippen LogP contribution is -2.14. The van der Waals surface area contributed by atoms with E-state index in [1.807, 2.05) is 6.92 Å². The predicted octanol–water partition coefficient (Wildman–Crippen LogP) is 3.66. The van der Waals surface area contributed by atoms with Crippen LogP contribution in [-0.2, 0) is 4.74 Å². The van der Waals surface area contributed by atoms with Gasteiger partial charge in [-0.2, -0.15) is 0 Å². The van der Waals surface area contributed by atoms with Crippen LogP contribution < -0.4 is 15.4 Å². The molecule has 0 bridgehead atoms. The van der Waals surface area contributed by atoms with Crippen LogP contribution in [0.5, 0.6) is 5.75 Å². The molecule has 3 rings (SSSR count). The number of carbonyl (C=O) groups is 2. The Bertz CT molecular complexity index is 1010. The first-order valence-corrected chi connectivity index (χ1v) is 8.91. The molecule has 1 aromatic heterocycles.